The fourth-order valence-corrected chi connectivity index (χ4v) is 3.18. The van der Waals surface area contributed by atoms with E-state index < -0.39 is 0 Å². The van der Waals surface area contributed by atoms with Crippen LogP contribution in [0.4, 0.5) is 0 Å². The Labute approximate surface area is 113 Å². The van der Waals surface area contributed by atoms with Gasteiger partial charge < -0.3 is 24.4 Å². The van der Waals surface area contributed by atoms with E-state index in [1.165, 1.54) is 0 Å². The second-order valence-electron chi connectivity index (χ2n) is 6.41. The van der Waals surface area contributed by atoms with Crippen molar-refractivity contribution >= 4 is 0 Å². The van der Waals surface area contributed by atoms with Gasteiger partial charge in [0.2, 0.25) is 0 Å². The van der Waals surface area contributed by atoms with E-state index in [9.17, 15) is 10.2 Å². The zero-order chi connectivity index (χ0) is 13.3. The Morgan fingerprint density at radius 2 is 1.79 bits per heavy atom. The van der Waals surface area contributed by atoms with Gasteiger partial charge in [0.15, 0.2) is 0 Å². The molecular formula is C14H24O5. The highest BCUT2D eigenvalue weighted by atomic mass is 16.6. The Bertz CT molecular complexity index is 297. The highest BCUT2D eigenvalue weighted by Crippen LogP contribution is 2.48. The molecule has 0 bridgehead atoms. The van der Waals surface area contributed by atoms with Crippen LogP contribution < -0.4 is 0 Å². The maximum Gasteiger partial charge on any atom is 0.118 e. The normalized spacial score (nSPS) is 37.3. The van der Waals surface area contributed by atoms with Crippen molar-refractivity contribution in [1.29, 1.82) is 0 Å². The summed E-state index contributed by atoms with van der Waals surface area (Å²) in [5.74, 6) is 0.499. The van der Waals surface area contributed by atoms with E-state index in [2.05, 4.69) is 0 Å². The van der Waals surface area contributed by atoms with Crippen molar-refractivity contribution in [3.05, 3.63) is 0 Å². The lowest BCUT2D eigenvalue weighted by atomic mass is 9.68. The first-order valence-corrected chi connectivity index (χ1v) is 7.27. The van der Waals surface area contributed by atoms with Gasteiger partial charge in [-0.2, -0.15) is 0 Å². The maximum absolute atomic E-state index is 9.43. The summed E-state index contributed by atoms with van der Waals surface area (Å²) in [4.78, 5) is 0. The number of epoxide rings is 2. The molecule has 2 aliphatic heterocycles. The average molecular weight is 272 g/mol. The van der Waals surface area contributed by atoms with E-state index in [1.54, 1.807) is 0 Å². The molecule has 5 heteroatoms. The van der Waals surface area contributed by atoms with Gasteiger partial charge in [-0.1, -0.05) is 0 Å². The van der Waals surface area contributed by atoms with Crippen LogP contribution in [0.15, 0.2) is 0 Å². The van der Waals surface area contributed by atoms with E-state index in [-0.39, 0.29) is 24.2 Å². The van der Waals surface area contributed by atoms with E-state index in [4.69, 9.17) is 14.2 Å². The van der Waals surface area contributed by atoms with Crippen LogP contribution in [-0.2, 0) is 14.2 Å². The maximum atomic E-state index is 9.43. The summed E-state index contributed by atoms with van der Waals surface area (Å²) >= 11 is 0. The Morgan fingerprint density at radius 3 is 2.26 bits per heavy atom. The first kappa shape index (κ1) is 13.8. The molecule has 3 fully saturated rings. The van der Waals surface area contributed by atoms with Crippen LogP contribution in [0.1, 0.15) is 25.7 Å². The molecule has 110 valence electrons. The zero-order valence-electron chi connectivity index (χ0n) is 11.3. The van der Waals surface area contributed by atoms with Crippen LogP contribution in [0.25, 0.3) is 0 Å². The largest absolute Gasteiger partial charge is 0.396 e. The SMILES string of the molecule is OCC1(CO)CCC(C2(COCC3CO3)CO2)CC1. The third-order valence-corrected chi connectivity index (χ3v) is 5.03. The molecule has 2 heterocycles. The van der Waals surface area contributed by atoms with Crippen molar-refractivity contribution in [1.82, 2.24) is 0 Å². The number of aliphatic hydroxyl groups excluding tert-OH is 2. The molecule has 2 atom stereocenters. The molecule has 2 N–H and O–H groups in total. The molecule has 0 radical (unpaired) electrons. The van der Waals surface area contributed by atoms with Crippen molar-refractivity contribution < 1.29 is 24.4 Å². The molecular weight excluding hydrogens is 248 g/mol. The van der Waals surface area contributed by atoms with Crippen LogP contribution in [0, 0.1) is 11.3 Å². The van der Waals surface area contributed by atoms with Crippen molar-refractivity contribution in [2.45, 2.75) is 37.4 Å². The predicted molar refractivity (Wildman–Crippen MR) is 67.8 cm³/mol. The summed E-state index contributed by atoms with van der Waals surface area (Å²) in [7, 11) is 0. The summed E-state index contributed by atoms with van der Waals surface area (Å²) in [6.07, 6.45) is 4.07. The molecule has 0 aromatic carbocycles. The summed E-state index contributed by atoms with van der Waals surface area (Å²) in [6.45, 7) is 3.11. The summed E-state index contributed by atoms with van der Waals surface area (Å²) in [5, 5.41) is 18.9. The molecule has 3 aliphatic rings. The Balaban J connectivity index is 1.47. The predicted octanol–water partition coefficient (Wildman–Crippen LogP) is 0.332. The van der Waals surface area contributed by atoms with Gasteiger partial charge in [-0.05, 0) is 31.6 Å². The van der Waals surface area contributed by atoms with Crippen LogP contribution in [0.5, 0.6) is 0 Å². The van der Waals surface area contributed by atoms with Gasteiger partial charge in [-0.15, -0.1) is 0 Å². The number of hydrogen-bond donors (Lipinski definition) is 2. The van der Waals surface area contributed by atoms with E-state index >= 15 is 0 Å². The van der Waals surface area contributed by atoms with Gasteiger partial charge in [-0.3, -0.25) is 0 Å². The van der Waals surface area contributed by atoms with Gasteiger partial charge in [0.25, 0.3) is 0 Å². The lowest BCUT2D eigenvalue weighted by Gasteiger charge is -2.39. The number of aliphatic hydroxyl groups is 2. The molecule has 2 unspecified atom stereocenters. The molecule has 19 heavy (non-hydrogen) atoms. The van der Waals surface area contributed by atoms with Crippen molar-refractivity contribution in [2.75, 3.05) is 39.6 Å². The Hall–Kier alpha value is -0.200. The Morgan fingerprint density at radius 1 is 1.16 bits per heavy atom. The molecule has 0 spiro atoms. The second-order valence-corrected chi connectivity index (χ2v) is 6.41. The fourth-order valence-electron chi connectivity index (χ4n) is 3.18. The smallest absolute Gasteiger partial charge is 0.118 e. The third kappa shape index (κ3) is 2.95. The van der Waals surface area contributed by atoms with E-state index in [0.29, 0.717) is 25.2 Å². The monoisotopic (exact) mass is 272 g/mol. The quantitative estimate of drug-likeness (QED) is 0.653. The Kier molecular flexibility index (Phi) is 3.84. The van der Waals surface area contributed by atoms with Crippen LogP contribution in [0.2, 0.25) is 0 Å². The standard InChI is InChI=1S/C14H24O5/c15-7-13(8-16)3-1-11(2-4-13)14(10-19-14)9-17-5-12-6-18-12/h11-12,15-16H,1-10H2. The van der Waals surface area contributed by atoms with Crippen molar-refractivity contribution in [3.8, 4) is 0 Å². The third-order valence-electron chi connectivity index (χ3n) is 5.03. The minimum atomic E-state index is -0.269. The molecule has 0 amide bonds. The summed E-state index contributed by atoms with van der Waals surface area (Å²) in [6, 6.07) is 0. The average Bonchev–Trinajstić information content (AvgIpc) is 3.35. The molecule has 0 aromatic heterocycles. The topological polar surface area (TPSA) is 74.8 Å². The molecule has 2 saturated heterocycles. The number of rotatable bonds is 7. The van der Waals surface area contributed by atoms with Crippen LogP contribution in [-0.4, -0.2) is 61.6 Å². The lowest BCUT2D eigenvalue weighted by Crippen LogP contribution is -2.40. The van der Waals surface area contributed by atoms with Crippen LogP contribution >= 0.6 is 0 Å². The van der Waals surface area contributed by atoms with Crippen molar-refractivity contribution in [2.24, 2.45) is 11.3 Å². The summed E-state index contributed by atoms with van der Waals surface area (Å²) in [5.41, 5.74) is -0.360. The highest BCUT2D eigenvalue weighted by molar-refractivity contribution is 5.01. The number of hydrogen-bond acceptors (Lipinski definition) is 5. The molecule has 1 saturated carbocycles. The van der Waals surface area contributed by atoms with Crippen LogP contribution in [0.3, 0.4) is 0 Å². The van der Waals surface area contributed by atoms with E-state index in [0.717, 1.165) is 38.9 Å². The minimum absolute atomic E-state index is 0.0829. The minimum Gasteiger partial charge on any atom is -0.396 e. The van der Waals surface area contributed by atoms with Gasteiger partial charge in [0.1, 0.15) is 11.7 Å². The van der Waals surface area contributed by atoms with Gasteiger partial charge in [0, 0.05) is 5.41 Å². The second kappa shape index (κ2) is 5.30. The molecule has 1 aliphatic carbocycles. The van der Waals surface area contributed by atoms with Crippen molar-refractivity contribution in [3.63, 3.8) is 0 Å². The first-order chi connectivity index (χ1) is 9.22. The van der Waals surface area contributed by atoms with Gasteiger partial charge in [0.05, 0.1) is 39.6 Å². The molecule has 0 aromatic rings. The zero-order valence-corrected chi connectivity index (χ0v) is 11.3. The fraction of sp³-hybridized carbons (Fsp3) is 1.00. The lowest BCUT2D eigenvalue weighted by molar-refractivity contribution is -0.0187. The van der Waals surface area contributed by atoms with Gasteiger partial charge >= 0.3 is 0 Å². The molecule has 5 nitrogen and oxygen atoms in total. The van der Waals surface area contributed by atoms with Gasteiger partial charge in [-0.25, -0.2) is 0 Å². The highest BCUT2D eigenvalue weighted by Gasteiger charge is 2.53. The summed E-state index contributed by atoms with van der Waals surface area (Å²) < 4.78 is 16.5. The number of ether oxygens (including phenoxy) is 3. The first-order valence-electron chi connectivity index (χ1n) is 7.27. The molecule has 3 rings (SSSR count). The van der Waals surface area contributed by atoms with E-state index in [1.807, 2.05) is 0 Å².